The van der Waals surface area contributed by atoms with Gasteiger partial charge in [0.1, 0.15) is 11.4 Å². The van der Waals surface area contributed by atoms with Gasteiger partial charge in [-0.05, 0) is 29.0 Å². The normalized spacial score (nSPS) is 11.8. The minimum absolute atomic E-state index is 0.0131. The molecule has 0 spiro atoms. The molecule has 0 atom stereocenters. The van der Waals surface area contributed by atoms with Gasteiger partial charge in [0.25, 0.3) is 11.6 Å². The number of aromatic hydroxyl groups is 1. The molecule has 0 aliphatic rings. The van der Waals surface area contributed by atoms with Crippen molar-refractivity contribution in [1.29, 1.82) is 0 Å². The molecule has 5 rings (SSSR count). The Kier molecular flexibility index (Phi) is 6.54. The van der Waals surface area contributed by atoms with Gasteiger partial charge in [0.15, 0.2) is 5.69 Å². The number of phenolic OH excluding ortho intramolecular Hbond substituents is 1. The number of alkyl halides is 3. The molecule has 0 fully saturated rings. The number of fused-ring (bicyclic) bond motifs is 1. The molecule has 0 aliphatic heterocycles. The highest BCUT2D eigenvalue weighted by atomic mass is 32.1. The second-order valence-corrected chi connectivity index (χ2v) is 8.94. The van der Waals surface area contributed by atoms with Gasteiger partial charge >= 0.3 is 6.18 Å². The van der Waals surface area contributed by atoms with Crippen molar-refractivity contribution >= 4 is 39.9 Å². The molecule has 14 heteroatoms. The van der Waals surface area contributed by atoms with Crippen molar-refractivity contribution in [3.63, 3.8) is 0 Å². The molecule has 0 saturated heterocycles. The lowest BCUT2D eigenvalue weighted by Crippen LogP contribution is -2.18. The summed E-state index contributed by atoms with van der Waals surface area (Å²) in [6, 6.07) is 16.8. The summed E-state index contributed by atoms with van der Waals surface area (Å²) < 4.78 is 41.7. The number of benzene rings is 3. The zero-order valence-electron chi connectivity index (χ0n) is 19.5. The average molecular weight is 552 g/mol. The first kappa shape index (κ1) is 25.5. The van der Waals surface area contributed by atoms with Crippen LogP contribution in [-0.4, -0.2) is 36.9 Å². The molecular weight excluding hydrogens is 537 g/mol. The fourth-order valence-electron chi connectivity index (χ4n) is 3.66. The van der Waals surface area contributed by atoms with E-state index in [0.29, 0.717) is 5.56 Å². The van der Waals surface area contributed by atoms with Gasteiger partial charge in [0.2, 0.25) is 5.13 Å². The minimum Gasteiger partial charge on any atom is -0.507 e. The average Bonchev–Trinajstić information content (AvgIpc) is 3.57. The molecule has 39 heavy (non-hydrogen) atoms. The van der Waals surface area contributed by atoms with Crippen molar-refractivity contribution in [3.8, 4) is 22.1 Å². The highest BCUT2D eigenvalue weighted by molar-refractivity contribution is 7.12. The van der Waals surface area contributed by atoms with Crippen LogP contribution in [0.5, 0.6) is 5.75 Å². The Hall–Kier alpha value is -5.11. The molecule has 3 aromatic carbocycles. The van der Waals surface area contributed by atoms with Crippen LogP contribution in [0.25, 0.3) is 27.2 Å². The number of hydrogen-bond acceptors (Lipinski definition) is 8. The van der Waals surface area contributed by atoms with Gasteiger partial charge in [-0.2, -0.15) is 23.4 Å². The highest BCUT2D eigenvalue weighted by Gasteiger charge is 2.35. The molecule has 0 bridgehead atoms. The van der Waals surface area contributed by atoms with Crippen LogP contribution >= 0.6 is 11.3 Å². The lowest BCUT2D eigenvalue weighted by molar-refractivity contribution is -0.384. The van der Waals surface area contributed by atoms with Crippen LogP contribution in [-0.2, 0) is 6.18 Å². The van der Waals surface area contributed by atoms with Crippen LogP contribution in [0.4, 0.5) is 18.9 Å². The van der Waals surface area contributed by atoms with Crippen LogP contribution in [0, 0.1) is 10.1 Å². The summed E-state index contributed by atoms with van der Waals surface area (Å²) in [7, 11) is 0. The van der Waals surface area contributed by atoms with E-state index in [2.05, 4.69) is 20.6 Å². The predicted molar refractivity (Wildman–Crippen MR) is 137 cm³/mol. The fraction of sp³-hybridized carbons (Fsp3) is 0.0400. The number of hydrogen-bond donors (Lipinski definition) is 2. The number of phenols is 1. The molecule has 2 aromatic heterocycles. The van der Waals surface area contributed by atoms with E-state index in [1.54, 1.807) is 18.2 Å². The lowest BCUT2D eigenvalue weighted by Gasteiger charge is -2.06. The van der Waals surface area contributed by atoms with E-state index in [1.807, 2.05) is 24.3 Å². The van der Waals surface area contributed by atoms with Crippen molar-refractivity contribution < 1.29 is 28.0 Å². The largest absolute Gasteiger partial charge is 0.507 e. The zero-order chi connectivity index (χ0) is 27.7. The molecule has 0 aliphatic carbocycles. The maximum atomic E-state index is 13.5. The monoisotopic (exact) mass is 552 g/mol. The molecule has 2 N–H and O–H groups in total. The third kappa shape index (κ3) is 5.31. The first-order chi connectivity index (χ1) is 18.6. The molecule has 2 heterocycles. The Labute approximate surface area is 220 Å². The van der Waals surface area contributed by atoms with Crippen LogP contribution < -0.4 is 5.43 Å². The summed E-state index contributed by atoms with van der Waals surface area (Å²) >= 11 is 0.899. The van der Waals surface area contributed by atoms with E-state index in [9.17, 15) is 33.2 Å². The van der Waals surface area contributed by atoms with Gasteiger partial charge in [-0.3, -0.25) is 14.9 Å². The summed E-state index contributed by atoms with van der Waals surface area (Å²) in [5.41, 5.74) is 1.20. The van der Waals surface area contributed by atoms with E-state index in [1.165, 1.54) is 5.38 Å². The zero-order valence-corrected chi connectivity index (χ0v) is 20.3. The number of carbonyl (C=O) groups is 1. The van der Waals surface area contributed by atoms with Gasteiger partial charge < -0.3 is 5.11 Å². The second kappa shape index (κ2) is 9.98. The van der Waals surface area contributed by atoms with Gasteiger partial charge in [0, 0.05) is 28.6 Å². The number of aromatic nitrogens is 3. The Morgan fingerprint density at radius 3 is 2.62 bits per heavy atom. The number of carbonyl (C=O) groups excluding carboxylic acids is 1. The third-order valence-corrected chi connectivity index (χ3v) is 6.36. The molecule has 0 saturated carbocycles. The van der Waals surface area contributed by atoms with Crippen molar-refractivity contribution in [2.45, 2.75) is 6.18 Å². The van der Waals surface area contributed by atoms with Crippen LogP contribution in [0.3, 0.4) is 0 Å². The fourth-order valence-corrected chi connectivity index (χ4v) is 4.43. The predicted octanol–water partition coefficient (Wildman–Crippen LogP) is 5.55. The maximum Gasteiger partial charge on any atom is 0.435 e. The summed E-state index contributed by atoms with van der Waals surface area (Å²) in [5, 5.41) is 31.2. The van der Waals surface area contributed by atoms with E-state index >= 15 is 0 Å². The topological polar surface area (TPSA) is 136 Å². The SMILES string of the molecule is O=C(N/N=C/c1cc([N+](=O)[O-])ccc1O)c1csc(-n2nc(C(F)(F)F)cc2-c2ccc3ccccc3c2)n1. The molecule has 196 valence electrons. The molecule has 0 unspecified atom stereocenters. The summed E-state index contributed by atoms with van der Waals surface area (Å²) in [6.45, 7) is 0. The quantitative estimate of drug-likeness (QED) is 0.161. The smallest absolute Gasteiger partial charge is 0.435 e. The van der Waals surface area contributed by atoms with E-state index < -0.39 is 22.7 Å². The number of halogens is 3. The highest BCUT2D eigenvalue weighted by Crippen LogP contribution is 2.34. The molecule has 0 radical (unpaired) electrons. The number of nitrogens with zero attached hydrogens (tertiary/aromatic N) is 5. The first-order valence-electron chi connectivity index (χ1n) is 11.0. The number of hydrazone groups is 1. The first-order valence-corrected chi connectivity index (χ1v) is 11.9. The Morgan fingerprint density at radius 2 is 1.87 bits per heavy atom. The second-order valence-electron chi connectivity index (χ2n) is 8.10. The standard InChI is InChI=1S/C25H15F3N6O4S/c26-25(27,28)22-11-20(16-6-5-14-3-1-2-4-15(14)9-16)33(32-22)24-30-19(13-39-24)23(36)31-29-12-17-10-18(34(37)38)7-8-21(17)35/h1-13,35H,(H,31,36)/b29-12+. The van der Waals surface area contributed by atoms with Crippen molar-refractivity contribution in [2.75, 3.05) is 0 Å². The summed E-state index contributed by atoms with van der Waals surface area (Å²) in [5.74, 6) is -1.09. The molecular formula is C25H15F3N6O4S. The number of thiazole rings is 1. The summed E-state index contributed by atoms with van der Waals surface area (Å²) in [6.07, 6.45) is -3.70. The van der Waals surface area contributed by atoms with Gasteiger partial charge in [-0.25, -0.2) is 15.1 Å². The third-order valence-electron chi connectivity index (χ3n) is 5.54. The van der Waals surface area contributed by atoms with Gasteiger partial charge in [0.05, 0.1) is 16.8 Å². The number of rotatable bonds is 6. The number of amides is 1. The van der Waals surface area contributed by atoms with Crippen LogP contribution in [0.2, 0.25) is 0 Å². The Bertz CT molecular complexity index is 1760. The van der Waals surface area contributed by atoms with Crippen LogP contribution in [0.15, 0.2) is 77.2 Å². The van der Waals surface area contributed by atoms with Crippen molar-refractivity contribution in [2.24, 2.45) is 5.10 Å². The molecule has 10 nitrogen and oxygen atoms in total. The Morgan fingerprint density at radius 1 is 1.10 bits per heavy atom. The van der Waals surface area contributed by atoms with Gasteiger partial charge in [-0.15, -0.1) is 11.3 Å². The summed E-state index contributed by atoms with van der Waals surface area (Å²) in [4.78, 5) is 26.9. The van der Waals surface area contributed by atoms with Crippen LogP contribution in [0.1, 0.15) is 21.7 Å². The minimum atomic E-state index is -4.71. The number of nitro benzene ring substituents is 1. The maximum absolute atomic E-state index is 13.5. The van der Waals surface area contributed by atoms with Crippen molar-refractivity contribution in [3.05, 3.63) is 99.2 Å². The Balaban J connectivity index is 1.43. The molecule has 1 amide bonds. The van der Waals surface area contributed by atoms with Crippen molar-refractivity contribution in [1.82, 2.24) is 20.2 Å². The number of non-ortho nitro benzene ring substituents is 1. The van der Waals surface area contributed by atoms with E-state index in [4.69, 9.17) is 0 Å². The number of nitrogens with one attached hydrogen (secondary N) is 1. The number of nitro groups is 1. The van der Waals surface area contributed by atoms with E-state index in [0.717, 1.165) is 57.3 Å². The lowest BCUT2D eigenvalue weighted by atomic mass is 10.0. The van der Waals surface area contributed by atoms with Gasteiger partial charge in [-0.1, -0.05) is 36.4 Å². The molecule has 5 aromatic rings. The van der Waals surface area contributed by atoms with E-state index in [-0.39, 0.29) is 33.5 Å².